The van der Waals surface area contributed by atoms with Crippen LogP contribution in [0, 0.1) is 5.92 Å². The Labute approximate surface area is 87.0 Å². The van der Waals surface area contributed by atoms with Crippen LogP contribution >= 0.6 is 0 Å². The zero-order valence-electron chi connectivity index (χ0n) is 9.71. The van der Waals surface area contributed by atoms with Crippen LogP contribution in [0.2, 0.25) is 0 Å². The van der Waals surface area contributed by atoms with Crippen LogP contribution in [-0.2, 0) is 4.79 Å². The predicted molar refractivity (Wildman–Crippen MR) is 59.9 cm³/mol. The summed E-state index contributed by atoms with van der Waals surface area (Å²) < 4.78 is 0. The fraction of sp³-hybridized carbons (Fsp3) is 0.727. The molecule has 82 valence electrons. The number of hydrogen-bond acceptors (Lipinski definition) is 2. The molecule has 0 rings (SSSR count). The Balaban J connectivity index is 4.38. The van der Waals surface area contributed by atoms with Gasteiger partial charge in [0, 0.05) is 13.1 Å². The number of rotatable bonds is 5. The SMILES string of the molecule is C=C(C)CN(CC)C(=O)C(N)C(C)C. The van der Waals surface area contributed by atoms with E-state index in [1.165, 1.54) is 0 Å². The molecule has 3 heteroatoms. The molecule has 0 heterocycles. The molecule has 0 aromatic heterocycles. The normalized spacial score (nSPS) is 12.7. The monoisotopic (exact) mass is 198 g/mol. The van der Waals surface area contributed by atoms with Gasteiger partial charge in [-0.15, -0.1) is 0 Å². The topological polar surface area (TPSA) is 46.3 Å². The summed E-state index contributed by atoms with van der Waals surface area (Å²) in [6, 6.07) is -0.394. The lowest BCUT2D eigenvalue weighted by Gasteiger charge is -2.26. The summed E-state index contributed by atoms with van der Waals surface area (Å²) in [6.45, 7) is 12.9. The minimum absolute atomic E-state index is 0.0190. The van der Waals surface area contributed by atoms with Gasteiger partial charge < -0.3 is 10.6 Å². The lowest BCUT2D eigenvalue weighted by molar-refractivity contribution is -0.132. The molecule has 0 spiro atoms. The number of likely N-dealkylation sites (N-methyl/N-ethyl adjacent to an activating group) is 1. The Morgan fingerprint density at radius 2 is 2.00 bits per heavy atom. The summed E-state index contributed by atoms with van der Waals surface area (Å²) >= 11 is 0. The van der Waals surface area contributed by atoms with E-state index in [-0.39, 0.29) is 11.8 Å². The van der Waals surface area contributed by atoms with Gasteiger partial charge in [-0.2, -0.15) is 0 Å². The molecule has 14 heavy (non-hydrogen) atoms. The van der Waals surface area contributed by atoms with Crippen molar-refractivity contribution in [3.63, 3.8) is 0 Å². The minimum atomic E-state index is -0.394. The van der Waals surface area contributed by atoms with Gasteiger partial charge in [-0.3, -0.25) is 4.79 Å². The zero-order chi connectivity index (χ0) is 11.3. The van der Waals surface area contributed by atoms with E-state index in [4.69, 9.17) is 5.73 Å². The van der Waals surface area contributed by atoms with Crippen molar-refractivity contribution < 1.29 is 4.79 Å². The van der Waals surface area contributed by atoms with Crippen molar-refractivity contribution in [2.24, 2.45) is 11.7 Å². The van der Waals surface area contributed by atoms with E-state index in [1.54, 1.807) is 4.90 Å². The van der Waals surface area contributed by atoms with Crippen LogP contribution in [0.5, 0.6) is 0 Å². The number of amides is 1. The molecule has 0 aliphatic rings. The Morgan fingerprint density at radius 1 is 1.50 bits per heavy atom. The summed E-state index contributed by atoms with van der Waals surface area (Å²) in [4.78, 5) is 13.6. The van der Waals surface area contributed by atoms with Crippen molar-refractivity contribution in [2.75, 3.05) is 13.1 Å². The largest absolute Gasteiger partial charge is 0.338 e. The highest BCUT2D eigenvalue weighted by Crippen LogP contribution is 2.05. The minimum Gasteiger partial charge on any atom is -0.338 e. The summed E-state index contributed by atoms with van der Waals surface area (Å²) in [7, 11) is 0. The van der Waals surface area contributed by atoms with Gasteiger partial charge in [-0.25, -0.2) is 0 Å². The van der Waals surface area contributed by atoms with E-state index in [9.17, 15) is 4.79 Å². The van der Waals surface area contributed by atoms with E-state index in [1.807, 2.05) is 27.7 Å². The third-order valence-electron chi connectivity index (χ3n) is 2.16. The second-order valence-corrected chi connectivity index (χ2v) is 4.08. The Morgan fingerprint density at radius 3 is 2.29 bits per heavy atom. The number of carbonyl (C=O) groups excluding carboxylic acids is 1. The highest BCUT2D eigenvalue weighted by atomic mass is 16.2. The van der Waals surface area contributed by atoms with Crippen LogP contribution < -0.4 is 5.73 Å². The molecular formula is C11H22N2O. The molecule has 0 aromatic rings. The molecule has 0 saturated heterocycles. The van der Waals surface area contributed by atoms with Crippen molar-refractivity contribution >= 4 is 5.91 Å². The number of carbonyl (C=O) groups is 1. The van der Waals surface area contributed by atoms with Crippen LogP contribution in [0.4, 0.5) is 0 Å². The average Bonchev–Trinajstić information content (AvgIpc) is 2.11. The maximum absolute atomic E-state index is 11.8. The molecule has 1 unspecified atom stereocenters. The van der Waals surface area contributed by atoms with Crippen molar-refractivity contribution in [1.29, 1.82) is 0 Å². The Hall–Kier alpha value is -0.830. The third-order valence-corrected chi connectivity index (χ3v) is 2.16. The van der Waals surface area contributed by atoms with Crippen LogP contribution in [0.25, 0.3) is 0 Å². The van der Waals surface area contributed by atoms with E-state index < -0.39 is 6.04 Å². The highest BCUT2D eigenvalue weighted by Gasteiger charge is 2.22. The lowest BCUT2D eigenvalue weighted by Crippen LogP contribution is -2.46. The van der Waals surface area contributed by atoms with E-state index in [2.05, 4.69) is 6.58 Å². The van der Waals surface area contributed by atoms with E-state index in [0.717, 1.165) is 5.57 Å². The first-order valence-corrected chi connectivity index (χ1v) is 5.08. The second kappa shape index (κ2) is 5.81. The molecular weight excluding hydrogens is 176 g/mol. The standard InChI is InChI=1S/C11H22N2O/c1-6-13(7-8(2)3)11(14)10(12)9(4)5/h9-10H,2,6-7,12H2,1,3-5H3. The zero-order valence-corrected chi connectivity index (χ0v) is 9.71. The Kier molecular flexibility index (Phi) is 5.46. The maximum atomic E-state index is 11.8. The first-order valence-electron chi connectivity index (χ1n) is 5.08. The van der Waals surface area contributed by atoms with Crippen molar-refractivity contribution in [1.82, 2.24) is 4.90 Å². The van der Waals surface area contributed by atoms with Crippen molar-refractivity contribution in [3.8, 4) is 0 Å². The molecule has 0 saturated carbocycles. The van der Waals surface area contributed by atoms with Gasteiger partial charge in [0.2, 0.25) is 5.91 Å². The van der Waals surface area contributed by atoms with E-state index in [0.29, 0.717) is 13.1 Å². The second-order valence-electron chi connectivity index (χ2n) is 4.08. The summed E-state index contributed by atoms with van der Waals surface area (Å²) in [5.41, 5.74) is 6.77. The van der Waals surface area contributed by atoms with Gasteiger partial charge in [0.15, 0.2) is 0 Å². The quantitative estimate of drug-likeness (QED) is 0.679. The molecule has 0 aliphatic carbocycles. The predicted octanol–water partition coefficient (Wildman–Crippen LogP) is 1.39. The molecule has 0 radical (unpaired) electrons. The van der Waals surface area contributed by atoms with Crippen molar-refractivity contribution in [2.45, 2.75) is 33.7 Å². The number of nitrogens with two attached hydrogens (primary N) is 1. The first-order chi connectivity index (χ1) is 6.40. The Bertz CT molecular complexity index is 211. The summed E-state index contributed by atoms with van der Waals surface area (Å²) in [6.07, 6.45) is 0. The molecule has 0 aliphatic heterocycles. The van der Waals surface area contributed by atoms with Gasteiger partial charge >= 0.3 is 0 Å². The van der Waals surface area contributed by atoms with Gasteiger partial charge in [0.1, 0.15) is 0 Å². The molecule has 1 atom stereocenters. The van der Waals surface area contributed by atoms with Gasteiger partial charge in [0.05, 0.1) is 6.04 Å². The molecule has 3 nitrogen and oxygen atoms in total. The molecule has 0 aromatic carbocycles. The van der Waals surface area contributed by atoms with Gasteiger partial charge in [0.25, 0.3) is 0 Å². The van der Waals surface area contributed by atoms with Crippen LogP contribution in [0.15, 0.2) is 12.2 Å². The average molecular weight is 198 g/mol. The molecule has 1 amide bonds. The summed E-state index contributed by atoms with van der Waals surface area (Å²) in [5.74, 6) is 0.201. The summed E-state index contributed by atoms with van der Waals surface area (Å²) in [5, 5.41) is 0. The first kappa shape index (κ1) is 13.2. The molecule has 0 bridgehead atoms. The number of hydrogen-bond donors (Lipinski definition) is 1. The van der Waals surface area contributed by atoms with Gasteiger partial charge in [-0.05, 0) is 19.8 Å². The van der Waals surface area contributed by atoms with Gasteiger partial charge in [-0.1, -0.05) is 26.0 Å². The van der Waals surface area contributed by atoms with Crippen LogP contribution in [0.1, 0.15) is 27.7 Å². The maximum Gasteiger partial charge on any atom is 0.240 e. The van der Waals surface area contributed by atoms with Crippen LogP contribution in [0.3, 0.4) is 0 Å². The van der Waals surface area contributed by atoms with Crippen molar-refractivity contribution in [3.05, 3.63) is 12.2 Å². The molecule has 2 N–H and O–H groups in total. The fourth-order valence-electron chi connectivity index (χ4n) is 1.17. The molecule has 0 fully saturated rings. The fourth-order valence-corrected chi connectivity index (χ4v) is 1.17. The van der Waals surface area contributed by atoms with E-state index >= 15 is 0 Å². The lowest BCUT2D eigenvalue weighted by atomic mass is 10.0. The van der Waals surface area contributed by atoms with Crippen LogP contribution in [-0.4, -0.2) is 29.9 Å². The smallest absolute Gasteiger partial charge is 0.240 e. The highest BCUT2D eigenvalue weighted by molar-refractivity contribution is 5.82. The number of nitrogens with zero attached hydrogens (tertiary/aromatic N) is 1. The third kappa shape index (κ3) is 3.92.